The molecule has 0 radical (unpaired) electrons. The van der Waals surface area contributed by atoms with E-state index in [1.165, 1.54) is 0 Å². The summed E-state index contributed by atoms with van der Waals surface area (Å²) in [4.78, 5) is 11.7. The Bertz CT molecular complexity index is 597. The van der Waals surface area contributed by atoms with Gasteiger partial charge in [0.05, 0.1) is 23.9 Å². The molecule has 20 heavy (non-hydrogen) atoms. The zero-order valence-corrected chi connectivity index (χ0v) is 11.0. The number of carbonyl (C=O) groups is 1. The monoisotopic (exact) mass is 270 g/mol. The van der Waals surface area contributed by atoms with Gasteiger partial charge >= 0.3 is 0 Å². The molecule has 0 aliphatic carbocycles. The second kappa shape index (κ2) is 6.43. The number of rotatable bonds is 5. The summed E-state index contributed by atoms with van der Waals surface area (Å²) in [5, 5.41) is 11.4. The molecule has 0 saturated carbocycles. The summed E-state index contributed by atoms with van der Waals surface area (Å²) >= 11 is 0. The fourth-order valence-corrected chi connectivity index (χ4v) is 1.67. The molecule has 1 aromatic heterocycles. The van der Waals surface area contributed by atoms with Crippen LogP contribution in [0.2, 0.25) is 0 Å². The van der Waals surface area contributed by atoms with Gasteiger partial charge in [-0.2, -0.15) is 5.26 Å². The number of carbonyl (C=O) groups excluding carboxylic acids is 1. The van der Waals surface area contributed by atoms with E-state index in [9.17, 15) is 4.79 Å². The van der Waals surface area contributed by atoms with E-state index < -0.39 is 0 Å². The number of hydrogen-bond donors (Lipinski definition) is 1. The van der Waals surface area contributed by atoms with Crippen molar-refractivity contribution in [2.24, 2.45) is 0 Å². The Hall–Kier alpha value is -2.74. The van der Waals surface area contributed by atoms with E-state index in [0.717, 1.165) is 0 Å². The van der Waals surface area contributed by atoms with Gasteiger partial charge in [0.15, 0.2) is 6.61 Å². The molecule has 0 aliphatic heterocycles. The van der Waals surface area contributed by atoms with Crippen molar-refractivity contribution in [2.75, 3.05) is 6.61 Å². The molecule has 0 aliphatic rings. The third-order valence-corrected chi connectivity index (χ3v) is 2.70. The van der Waals surface area contributed by atoms with Crippen LogP contribution in [0.15, 0.2) is 47.1 Å². The molecule has 5 heteroatoms. The van der Waals surface area contributed by atoms with E-state index in [4.69, 9.17) is 14.4 Å². The highest BCUT2D eigenvalue weighted by atomic mass is 16.5. The summed E-state index contributed by atoms with van der Waals surface area (Å²) in [6, 6.07) is 12.0. The number of furan rings is 1. The normalized spacial score (nSPS) is 11.4. The first-order valence-corrected chi connectivity index (χ1v) is 6.15. The molecule has 1 unspecified atom stereocenters. The first kappa shape index (κ1) is 13.7. The third kappa shape index (κ3) is 3.62. The number of hydrogen-bond acceptors (Lipinski definition) is 4. The van der Waals surface area contributed by atoms with Crippen LogP contribution < -0.4 is 10.1 Å². The van der Waals surface area contributed by atoms with Gasteiger partial charge in [0.25, 0.3) is 5.91 Å². The summed E-state index contributed by atoms with van der Waals surface area (Å²) in [5.74, 6) is 1.000. The van der Waals surface area contributed by atoms with Gasteiger partial charge in [-0.1, -0.05) is 0 Å². The lowest BCUT2D eigenvalue weighted by Gasteiger charge is -2.12. The van der Waals surface area contributed by atoms with Gasteiger partial charge in [-0.15, -0.1) is 0 Å². The topological polar surface area (TPSA) is 75.3 Å². The van der Waals surface area contributed by atoms with Crippen LogP contribution in [-0.2, 0) is 4.79 Å². The molecule has 0 bridgehead atoms. The van der Waals surface area contributed by atoms with E-state index in [2.05, 4.69) is 5.32 Å². The average molecular weight is 270 g/mol. The smallest absolute Gasteiger partial charge is 0.258 e. The molecule has 1 heterocycles. The van der Waals surface area contributed by atoms with Gasteiger partial charge in [0.1, 0.15) is 11.5 Å². The predicted octanol–water partition coefficient (Wildman–Crippen LogP) is 2.41. The predicted molar refractivity (Wildman–Crippen MR) is 71.9 cm³/mol. The second-order valence-corrected chi connectivity index (χ2v) is 4.23. The lowest BCUT2D eigenvalue weighted by molar-refractivity contribution is -0.123. The minimum Gasteiger partial charge on any atom is -0.484 e. The molecule has 102 valence electrons. The van der Waals surface area contributed by atoms with Gasteiger partial charge in [0, 0.05) is 0 Å². The number of amides is 1. The average Bonchev–Trinajstić information content (AvgIpc) is 3.00. The lowest BCUT2D eigenvalue weighted by atomic mass is 10.2. The minimum absolute atomic E-state index is 0.0864. The summed E-state index contributed by atoms with van der Waals surface area (Å²) in [6.07, 6.45) is 1.56. The summed E-state index contributed by atoms with van der Waals surface area (Å²) < 4.78 is 10.5. The molecule has 0 saturated heterocycles. The highest BCUT2D eigenvalue weighted by Crippen LogP contribution is 2.13. The molecule has 2 aromatic rings. The van der Waals surface area contributed by atoms with Crippen molar-refractivity contribution in [2.45, 2.75) is 13.0 Å². The van der Waals surface area contributed by atoms with Crippen LogP contribution in [0.1, 0.15) is 24.3 Å². The highest BCUT2D eigenvalue weighted by molar-refractivity contribution is 5.77. The van der Waals surface area contributed by atoms with E-state index in [-0.39, 0.29) is 18.6 Å². The molecule has 1 aromatic carbocycles. The summed E-state index contributed by atoms with van der Waals surface area (Å²) in [5.41, 5.74) is 0.549. The van der Waals surface area contributed by atoms with Crippen molar-refractivity contribution in [3.05, 3.63) is 54.0 Å². The maximum Gasteiger partial charge on any atom is 0.258 e. The van der Waals surface area contributed by atoms with Crippen molar-refractivity contribution in [1.29, 1.82) is 5.26 Å². The van der Waals surface area contributed by atoms with Gasteiger partial charge in [-0.25, -0.2) is 0 Å². The van der Waals surface area contributed by atoms with E-state index >= 15 is 0 Å². The summed E-state index contributed by atoms with van der Waals surface area (Å²) in [6.45, 7) is 1.75. The van der Waals surface area contributed by atoms with E-state index in [1.807, 2.05) is 13.0 Å². The second-order valence-electron chi connectivity index (χ2n) is 4.23. The van der Waals surface area contributed by atoms with E-state index in [0.29, 0.717) is 17.1 Å². The molecule has 1 N–H and O–H groups in total. The Kier molecular flexibility index (Phi) is 4.40. The zero-order chi connectivity index (χ0) is 14.4. The maximum absolute atomic E-state index is 11.7. The molecular weight excluding hydrogens is 256 g/mol. The number of benzene rings is 1. The first-order chi connectivity index (χ1) is 9.69. The third-order valence-electron chi connectivity index (χ3n) is 2.70. The standard InChI is InChI=1S/C15H14N2O3/c1-11(14-3-2-8-19-14)17-15(18)10-20-13-6-4-12(9-16)5-7-13/h2-8,11H,10H2,1H3,(H,17,18). The SMILES string of the molecule is CC(NC(=O)COc1ccc(C#N)cc1)c1ccco1. The first-order valence-electron chi connectivity index (χ1n) is 6.15. The zero-order valence-electron chi connectivity index (χ0n) is 11.0. The number of nitrogens with one attached hydrogen (secondary N) is 1. The van der Waals surface area contributed by atoms with Crippen LogP contribution in [0.4, 0.5) is 0 Å². The quantitative estimate of drug-likeness (QED) is 0.905. The van der Waals surface area contributed by atoms with Crippen LogP contribution in [-0.4, -0.2) is 12.5 Å². The fourth-order valence-electron chi connectivity index (χ4n) is 1.67. The number of nitriles is 1. The van der Waals surface area contributed by atoms with Crippen LogP contribution in [0, 0.1) is 11.3 Å². The van der Waals surface area contributed by atoms with Crippen LogP contribution in [0.5, 0.6) is 5.75 Å². The largest absolute Gasteiger partial charge is 0.484 e. The van der Waals surface area contributed by atoms with Crippen molar-refractivity contribution in [1.82, 2.24) is 5.32 Å². The molecule has 2 rings (SSSR count). The van der Waals surface area contributed by atoms with Crippen LogP contribution in [0.3, 0.4) is 0 Å². The Morgan fingerprint density at radius 2 is 2.15 bits per heavy atom. The molecule has 0 fully saturated rings. The van der Waals surface area contributed by atoms with Crippen LogP contribution >= 0.6 is 0 Å². The van der Waals surface area contributed by atoms with Gasteiger partial charge in [0.2, 0.25) is 0 Å². The molecule has 0 spiro atoms. The Labute approximate surface area is 116 Å². The highest BCUT2D eigenvalue weighted by Gasteiger charge is 2.12. The Morgan fingerprint density at radius 3 is 2.75 bits per heavy atom. The number of ether oxygens (including phenoxy) is 1. The van der Waals surface area contributed by atoms with Crippen molar-refractivity contribution < 1.29 is 13.9 Å². The van der Waals surface area contributed by atoms with Gasteiger partial charge in [-0.05, 0) is 43.3 Å². The van der Waals surface area contributed by atoms with Gasteiger partial charge in [-0.3, -0.25) is 4.79 Å². The maximum atomic E-state index is 11.7. The minimum atomic E-state index is -0.238. The van der Waals surface area contributed by atoms with Gasteiger partial charge < -0.3 is 14.5 Å². The van der Waals surface area contributed by atoms with Crippen molar-refractivity contribution in [3.8, 4) is 11.8 Å². The molecule has 5 nitrogen and oxygen atoms in total. The lowest BCUT2D eigenvalue weighted by Crippen LogP contribution is -2.31. The van der Waals surface area contributed by atoms with Crippen LogP contribution in [0.25, 0.3) is 0 Å². The molecular formula is C15H14N2O3. The Morgan fingerprint density at radius 1 is 1.40 bits per heavy atom. The van der Waals surface area contributed by atoms with E-state index in [1.54, 1.807) is 42.7 Å². The number of nitrogens with zero attached hydrogens (tertiary/aromatic N) is 1. The van der Waals surface area contributed by atoms with Crippen molar-refractivity contribution in [3.63, 3.8) is 0 Å². The fraction of sp³-hybridized carbons (Fsp3) is 0.200. The Balaban J connectivity index is 1.81. The summed E-state index contributed by atoms with van der Waals surface area (Å²) in [7, 11) is 0. The molecule has 1 atom stereocenters. The van der Waals surface area contributed by atoms with Crippen molar-refractivity contribution >= 4 is 5.91 Å². The molecule has 1 amide bonds.